The molecule has 2 aromatic carbocycles. The molecule has 10 nitrogen and oxygen atoms in total. The number of methoxy groups -OCH3 is 3. The Balaban J connectivity index is 2.11. The summed E-state index contributed by atoms with van der Waals surface area (Å²) in [6, 6.07) is 7.36. The standard InChI is InChI=1S/C21H22ClN3O7S/c1-11-20(21(32-24-11)23-12(2)26)13-6-7-16(29-3)19(8-13)33(27,28)25-15-9-14(22)17(30-4)10-18(15)31-5/h6-10,25H,1-5H3,(H,23,26). The summed E-state index contributed by atoms with van der Waals surface area (Å²) in [6.07, 6.45) is 0. The quantitative estimate of drug-likeness (QED) is 0.478. The van der Waals surface area contributed by atoms with Crippen LogP contribution in [0.1, 0.15) is 12.6 Å². The molecule has 176 valence electrons. The number of ether oxygens (including phenoxy) is 3. The maximum atomic E-state index is 13.4. The molecule has 3 rings (SSSR count). The van der Waals surface area contributed by atoms with Gasteiger partial charge in [0.05, 0.1) is 43.3 Å². The van der Waals surface area contributed by atoms with Crippen LogP contribution >= 0.6 is 11.6 Å². The topological polar surface area (TPSA) is 129 Å². The average Bonchev–Trinajstić information content (AvgIpc) is 3.12. The van der Waals surface area contributed by atoms with E-state index in [1.54, 1.807) is 13.0 Å². The summed E-state index contributed by atoms with van der Waals surface area (Å²) in [5.74, 6) is 0.367. The van der Waals surface area contributed by atoms with E-state index in [1.165, 1.54) is 52.5 Å². The lowest BCUT2D eigenvalue weighted by atomic mass is 10.1. The number of nitrogens with one attached hydrogen (secondary N) is 2. The van der Waals surface area contributed by atoms with E-state index >= 15 is 0 Å². The first-order valence-electron chi connectivity index (χ1n) is 9.47. The lowest BCUT2D eigenvalue weighted by Crippen LogP contribution is -2.15. The van der Waals surface area contributed by atoms with Crippen LogP contribution in [0.4, 0.5) is 11.6 Å². The molecule has 0 aliphatic heterocycles. The Morgan fingerprint density at radius 3 is 2.30 bits per heavy atom. The second-order valence-corrected chi connectivity index (χ2v) is 8.87. The van der Waals surface area contributed by atoms with Crippen molar-refractivity contribution in [1.82, 2.24) is 5.16 Å². The molecule has 2 N–H and O–H groups in total. The minimum atomic E-state index is -4.18. The van der Waals surface area contributed by atoms with E-state index in [1.807, 2.05) is 0 Å². The fraction of sp³-hybridized carbons (Fsp3) is 0.238. The number of sulfonamides is 1. The van der Waals surface area contributed by atoms with Crippen LogP contribution < -0.4 is 24.2 Å². The van der Waals surface area contributed by atoms with Gasteiger partial charge < -0.3 is 18.7 Å². The Labute approximate surface area is 195 Å². The molecule has 0 radical (unpaired) electrons. The van der Waals surface area contributed by atoms with Crippen molar-refractivity contribution < 1.29 is 31.9 Å². The van der Waals surface area contributed by atoms with Crippen molar-refractivity contribution in [2.75, 3.05) is 31.4 Å². The second kappa shape index (κ2) is 9.59. The van der Waals surface area contributed by atoms with Crippen molar-refractivity contribution >= 4 is 39.1 Å². The highest BCUT2D eigenvalue weighted by atomic mass is 35.5. The van der Waals surface area contributed by atoms with E-state index in [-0.39, 0.29) is 38.9 Å². The molecule has 1 aromatic heterocycles. The van der Waals surface area contributed by atoms with E-state index in [4.69, 9.17) is 30.3 Å². The molecule has 3 aromatic rings. The number of anilines is 2. The lowest BCUT2D eigenvalue weighted by Gasteiger charge is -2.16. The average molecular weight is 496 g/mol. The van der Waals surface area contributed by atoms with Crippen molar-refractivity contribution in [2.24, 2.45) is 0 Å². The highest BCUT2D eigenvalue weighted by Crippen LogP contribution is 2.39. The van der Waals surface area contributed by atoms with Gasteiger partial charge in [0.1, 0.15) is 22.1 Å². The van der Waals surface area contributed by atoms with Gasteiger partial charge in [-0.15, -0.1) is 0 Å². The van der Waals surface area contributed by atoms with Gasteiger partial charge in [0.15, 0.2) is 0 Å². The van der Waals surface area contributed by atoms with E-state index in [0.717, 1.165) is 0 Å². The maximum absolute atomic E-state index is 13.4. The third-order valence-electron chi connectivity index (χ3n) is 4.61. The zero-order valence-electron chi connectivity index (χ0n) is 18.5. The fourth-order valence-corrected chi connectivity index (χ4v) is 4.63. The van der Waals surface area contributed by atoms with Gasteiger partial charge in [-0.1, -0.05) is 22.8 Å². The number of carbonyl (C=O) groups is 1. The minimum absolute atomic E-state index is 0.0972. The van der Waals surface area contributed by atoms with E-state index < -0.39 is 10.0 Å². The molecule has 0 saturated carbocycles. The first-order chi connectivity index (χ1) is 15.6. The van der Waals surface area contributed by atoms with Crippen LogP contribution in [0, 0.1) is 6.92 Å². The molecule has 1 heterocycles. The summed E-state index contributed by atoms with van der Waals surface area (Å²) in [5, 5.41) is 6.60. The van der Waals surface area contributed by atoms with Crippen molar-refractivity contribution in [2.45, 2.75) is 18.7 Å². The third-order valence-corrected chi connectivity index (χ3v) is 6.29. The molecule has 1 amide bonds. The number of hydrogen-bond acceptors (Lipinski definition) is 8. The summed E-state index contributed by atoms with van der Waals surface area (Å²) < 4.78 is 50.1. The Bertz CT molecular complexity index is 1310. The lowest BCUT2D eigenvalue weighted by molar-refractivity contribution is -0.114. The zero-order chi connectivity index (χ0) is 24.3. The largest absolute Gasteiger partial charge is 0.495 e. The van der Waals surface area contributed by atoms with Crippen LogP contribution in [0.2, 0.25) is 5.02 Å². The number of amides is 1. The summed E-state index contributed by atoms with van der Waals surface area (Å²) in [7, 11) is -0.00461. The monoisotopic (exact) mass is 495 g/mol. The van der Waals surface area contributed by atoms with E-state index in [0.29, 0.717) is 22.6 Å². The second-order valence-electron chi connectivity index (χ2n) is 6.81. The van der Waals surface area contributed by atoms with Gasteiger partial charge in [-0.2, -0.15) is 0 Å². The summed E-state index contributed by atoms with van der Waals surface area (Å²) in [5.41, 5.74) is 1.45. The molecule has 33 heavy (non-hydrogen) atoms. The molecule has 0 spiro atoms. The number of carbonyl (C=O) groups excluding carboxylic acids is 1. The molecule has 0 unspecified atom stereocenters. The van der Waals surface area contributed by atoms with Gasteiger partial charge in [-0.3, -0.25) is 14.8 Å². The van der Waals surface area contributed by atoms with E-state index in [2.05, 4.69) is 15.2 Å². The van der Waals surface area contributed by atoms with Gasteiger partial charge in [0.2, 0.25) is 11.8 Å². The highest BCUT2D eigenvalue weighted by molar-refractivity contribution is 7.92. The number of rotatable bonds is 8. The Kier molecular flexibility index (Phi) is 7.04. The first kappa shape index (κ1) is 24.2. The summed E-state index contributed by atoms with van der Waals surface area (Å²) >= 11 is 6.17. The van der Waals surface area contributed by atoms with Gasteiger partial charge in [-0.25, -0.2) is 8.42 Å². The van der Waals surface area contributed by atoms with Crippen LogP contribution in [-0.2, 0) is 14.8 Å². The molecule has 12 heteroatoms. The van der Waals surface area contributed by atoms with Crippen LogP contribution in [0.25, 0.3) is 11.1 Å². The van der Waals surface area contributed by atoms with Gasteiger partial charge in [-0.05, 0) is 30.7 Å². The van der Waals surface area contributed by atoms with Crippen LogP contribution in [0.15, 0.2) is 39.8 Å². The molecule has 0 atom stereocenters. The minimum Gasteiger partial charge on any atom is -0.495 e. The molecular weight excluding hydrogens is 474 g/mol. The maximum Gasteiger partial charge on any atom is 0.265 e. The van der Waals surface area contributed by atoms with Crippen LogP contribution in [0.5, 0.6) is 17.2 Å². The fourth-order valence-electron chi connectivity index (χ4n) is 3.14. The molecule has 0 aliphatic rings. The Morgan fingerprint density at radius 2 is 1.70 bits per heavy atom. The van der Waals surface area contributed by atoms with Gasteiger partial charge in [0, 0.05) is 13.0 Å². The summed E-state index contributed by atoms with van der Waals surface area (Å²) in [4.78, 5) is 11.4. The first-order valence-corrected chi connectivity index (χ1v) is 11.3. The number of benzene rings is 2. The smallest absolute Gasteiger partial charge is 0.265 e. The Morgan fingerprint density at radius 1 is 1.03 bits per heavy atom. The normalized spacial score (nSPS) is 11.1. The van der Waals surface area contributed by atoms with Crippen molar-refractivity contribution in [3.63, 3.8) is 0 Å². The third kappa shape index (κ3) is 4.99. The number of hydrogen-bond donors (Lipinski definition) is 2. The molecular formula is C21H22ClN3O7S. The zero-order valence-corrected chi connectivity index (χ0v) is 20.1. The SMILES string of the molecule is COc1cc(OC)c(NS(=O)(=O)c2cc(-c3c(C)noc3NC(C)=O)ccc2OC)cc1Cl. The number of nitrogens with zero attached hydrogens (tertiary/aromatic N) is 1. The number of aromatic nitrogens is 1. The summed E-state index contributed by atoms with van der Waals surface area (Å²) in [6.45, 7) is 2.99. The predicted octanol–water partition coefficient (Wildman–Crippen LogP) is 4.09. The van der Waals surface area contributed by atoms with Crippen molar-refractivity contribution in [1.29, 1.82) is 0 Å². The highest BCUT2D eigenvalue weighted by Gasteiger charge is 2.25. The van der Waals surface area contributed by atoms with Crippen LogP contribution in [-0.4, -0.2) is 40.8 Å². The number of halogens is 1. The van der Waals surface area contributed by atoms with E-state index in [9.17, 15) is 13.2 Å². The Hall–Kier alpha value is -3.44. The molecule has 0 aliphatic carbocycles. The molecule has 0 fully saturated rings. The molecule has 0 bridgehead atoms. The predicted molar refractivity (Wildman–Crippen MR) is 123 cm³/mol. The van der Waals surface area contributed by atoms with Crippen molar-refractivity contribution in [3.05, 3.63) is 41.0 Å². The van der Waals surface area contributed by atoms with Gasteiger partial charge in [0.25, 0.3) is 10.0 Å². The molecule has 0 saturated heterocycles. The number of aryl methyl sites for hydroxylation is 1. The van der Waals surface area contributed by atoms with Gasteiger partial charge >= 0.3 is 0 Å². The van der Waals surface area contributed by atoms with Crippen LogP contribution in [0.3, 0.4) is 0 Å². The van der Waals surface area contributed by atoms with Crippen molar-refractivity contribution in [3.8, 4) is 28.4 Å².